The molecule has 2 heteroatoms. The van der Waals surface area contributed by atoms with Crippen LogP contribution in [0.2, 0.25) is 0 Å². The lowest BCUT2D eigenvalue weighted by molar-refractivity contribution is 0.173. The van der Waals surface area contributed by atoms with Gasteiger partial charge in [0.1, 0.15) is 0 Å². The number of rotatable bonds is 7. The van der Waals surface area contributed by atoms with Gasteiger partial charge in [-0.15, -0.1) is 0 Å². The molecular weight excluding hydrogens is 198 g/mol. The molecule has 1 aliphatic carbocycles. The molecule has 1 unspecified atom stereocenters. The van der Waals surface area contributed by atoms with Gasteiger partial charge in [-0.3, -0.25) is 0 Å². The van der Waals surface area contributed by atoms with E-state index in [1.807, 2.05) is 0 Å². The summed E-state index contributed by atoms with van der Waals surface area (Å²) in [5, 5.41) is 3.54. The first-order valence-electron chi connectivity index (χ1n) is 6.95. The number of methoxy groups -OCH3 is 1. The second-order valence-electron chi connectivity index (χ2n) is 5.50. The molecule has 1 fully saturated rings. The summed E-state index contributed by atoms with van der Waals surface area (Å²) < 4.78 is 5.07. The van der Waals surface area contributed by atoms with Crippen molar-refractivity contribution in [3.63, 3.8) is 0 Å². The van der Waals surface area contributed by atoms with Gasteiger partial charge in [0.05, 0.1) is 6.61 Å². The van der Waals surface area contributed by atoms with E-state index in [4.69, 9.17) is 4.74 Å². The summed E-state index contributed by atoms with van der Waals surface area (Å²) in [5.74, 6) is 2.62. The summed E-state index contributed by atoms with van der Waals surface area (Å²) in [5.41, 5.74) is 0. The van der Waals surface area contributed by atoms with E-state index in [0.29, 0.717) is 0 Å². The van der Waals surface area contributed by atoms with E-state index >= 15 is 0 Å². The van der Waals surface area contributed by atoms with Crippen LogP contribution in [0.5, 0.6) is 0 Å². The molecule has 0 aliphatic heterocycles. The summed E-state index contributed by atoms with van der Waals surface area (Å²) in [6.45, 7) is 7.74. The Morgan fingerprint density at radius 2 is 1.88 bits per heavy atom. The zero-order valence-electron chi connectivity index (χ0n) is 11.3. The van der Waals surface area contributed by atoms with Crippen molar-refractivity contribution in [3.8, 4) is 0 Å². The molecule has 1 saturated carbocycles. The van der Waals surface area contributed by atoms with Crippen LogP contribution in [-0.4, -0.2) is 26.8 Å². The number of hydrogen-bond acceptors (Lipinski definition) is 2. The third kappa shape index (κ3) is 4.84. The standard InChI is InChI=1S/C14H29NO/c1-12(2)14(11-15-9-10-16-3)13-7-5-4-6-8-13/h12-15H,4-11H2,1-3H3. The van der Waals surface area contributed by atoms with Crippen molar-refractivity contribution in [3.05, 3.63) is 0 Å². The Morgan fingerprint density at radius 1 is 1.19 bits per heavy atom. The molecule has 0 spiro atoms. The van der Waals surface area contributed by atoms with E-state index in [0.717, 1.165) is 30.9 Å². The summed E-state index contributed by atoms with van der Waals surface area (Å²) in [7, 11) is 1.77. The second kappa shape index (κ2) is 8.08. The number of nitrogens with one attached hydrogen (secondary N) is 1. The predicted octanol–water partition coefficient (Wildman–Crippen LogP) is 3.07. The zero-order chi connectivity index (χ0) is 11.8. The van der Waals surface area contributed by atoms with Crippen LogP contribution in [0.1, 0.15) is 46.0 Å². The van der Waals surface area contributed by atoms with E-state index < -0.39 is 0 Å². The molecule has 0 bridgehead atoms. The van der Waals surface area contributed by atoms with Gasteiger partial charge in [0.15, 0.2) is 0 Å². The van der Waals surface area contributed by atoms with Crippen molar-refractivity contribution in [2.75, 3.05) is 26.8 Å². The van der Waals surface area contributed by atoms with E-state index in [2.05, 4.69) is 19.2 Å². The van der Waals surface area contributed by atoms with E-state index in [1.165, 1.54) is 38.6 Å². The fourth-order valence-electron chi connectivity index (χ4n) is 2.95. The Morgan fingerprint density at radius 3 is 2.44 bits per heavy atom. The van der Waals surface area contributed by atoms with Gasteiger partial charge in [0.2, 0.25) is 0 Å². The fraction of sp³-hybridized carbons (Fsp3) is 1.00. The topological polar surface area (TPSA) is 21.3 Å². The lowest BCUT2D eigenvalue weighted by Crippen LogP contribution is -2.34. The molecule has 1 aliphatic rings. The zero-order valence-corrected chi connectivity index (χ0v) is 11.3. The van der Waals surface area contributed by atoms with Crippen LogP contribution in [0.15, 0.2) is 0 Å². The minimum atomic E-state index is 0.804. The quantitative estimate of drug-likeness (QED) is 0.675. The summed E-state index contributed by atoms with van der Waals surface area (Å²) in [4.78, 5) is 0. The SMILES string of the molecule is COCCNCC(C(C)C)C1CCCCC1. The van der Waals surface area contributed by atoms with Gasteiger partial charge in [0, 0.05) is 13.7 Å². The van der Waals surface area contributed by atoms with E-state index in [-0.39, 0.29) is 0 Å². The largest absolute Gasteiger partial charge is 0.383 e. The lowest BCUT2D eigenvalue weighted by atomic mass is 9.75. The molecule has 1 rings (SSSR count). The minimum Gasteiger partial charge on any atom is -0.383 e. The van der Waals surface area contributed by atoms with Gasteiger partial charge in [-0.1, -0.05) is 46.0 Å². The van der Waals surface area contributed by atoms with Crippen molar-refractivity contribution in [2.24, 2.45) is 17.8 Å². The normalized spacial score (nSPS) is 20.2. The maximum atomic E-state index is 5.07. The highest BCUT2D eigenvalue weighted by molar-refractivity contribution is 4.77. The molecule has 0 saturated heterocycles. The van der Waals surface area contributed by atoms with Crippen LogP contribution >= 0.6 is 0 Å². The third-order valence-electron chi connectivity index (χ3n) is 3.97. The molecule has 96 valence electrons. The Kier molecular flexibility index (Phi) is 7.06. The van der Waals surface area contributed by atoms with Crippen LogP contribution in [0.4, 0.5) is 0 Å². The van der Waals surface area contributed by atoms with E-state index in [1.54, 1.807) is 7.11 Å². The Balaban J connectivity index is 2.28. The molecule has 1 atom stereocenters. The highest BCUT2D eigenvalue weighted by Crippen LogP contribution is 2.33. The molecule has 0 amide bonds. The van der Waals surface area contributed by atoms with Crippen molar-refractivity contribution in [1.29, 1.82) is 0 Å². The average molecular weight is 227 g/mol. The first-order chi connectivity index (χ1) is 7.75. The van der Waals surface area contributed by atoms with Gasteiger partial charge >= 0.3 is 0 Å². The van der Waals surface area contributed by atoms with Crippen LogP contribution in [0.3, 0.4) is 0 Å². The van der Waals surface area contributed by atoms with Gasteiger partial charge in [-0.25, -0.2) is 0 Å². The molecule has 0 aromatic rings. The molecule has 2 nitrogen and oxygen atoms in total. The molecule has 0 heterocycles. The lowest BCUT2D eigenvalue weighted by Gasteiger charge is -2.33. The number of hydrogen-bond donors (Lipinski definition) is 1. The second-order valence-corrected chi connectivity index (χ2v) is 5.50. The fourth-order valence-corrected chi connectivity index (χ4v) is 2.95. The smallest absolute Gasteiger partial charge is 0.0587 e. The van der Waals surface area contributed by atoms with Crippen LogP contribution in [0.25, 0.3) is 0 Å². The minimum absolute atomic E-state index is 0.804. The summed E-state index contributed by atoms with van der Waals surface area (Å²) in [6, 6.07) is 0. The molecule has 0 aromatic heterocycles. The molecule has 0 radical (unpaired) electrons. The molecular formula is C14H29NO. The molecule has 1 N–H and O–H groups in total. The van der Waals surface area contributed by atoms with Crippen molar-refractivity contribution in [2.45, 2.75) is 46.0 Å². The Hall–Kier alpha value is -0.0800. The average Bonchev–Trinajstić information content (AvgIpc) is 2.30. The van der Waals surface area contributed by atoms with Gasteiger partial charge in [0.25, 0.3) is 0 Å². The van der Waals surface area contributed by atoms with Crippen molar-refractivity contribution < 1.29 is 4.74 Å². The van der Waals surface area contributed by atoms with Crippen molar-refractivity contribution in [1.82, 2.24) is 5.32 Å². The summed E-state index contributed by atoms with van der Waals surface area (Å²) >= 11 is 0. The maximum Gasteiger partial charge on any atom is 0.0587 e. The summed E-state index contributed by atoms with van der Waals surface area (Å²) in [6.07, 6.45) is 7.26. The first-order valence-corrected chi connectivity index (χ1v) is 6.95. The van der Waals surface area contributed by atoms with Gasteiger partial charge in [-0.05, 0) is 24.3 Å². The van der Waals surface area contributed by atoms with Gasteiger partial charge in [-0.2, -0.15) is 0 Å². The predicted molar refractivity (Wildman–Crippen MR) is 69.6 cm³/mol. The first kappa shape index (κ1) is 14.0. The molecule has 16 heavy (non-hydrogen) atoms. The van der Waals surface area contributed by atoms with E-state index in [9.17, 15) is 0 Å². The third-order valence-corrected chi connectivity index (χ3v) is 3.97. The maximum absolute atomic E-state index is 5.07. The Bertz CT molecular complexity index is 164. The highest BCUT2D eigenvalue weighted by Gasteiger charge is 2.25. The molecule has 0 aromatic carbocycles. The highest BCUT2D eigenvalue weighted by atomic mass is 16.5. The van der Waals surface area contributed by atoms with Crippen LogP contribution < -0.4 is 5.32 Å². The van der Waals surface area contributed by atoms with Crippen molar-refractivity contribution >= 4 is 0 Å². The van der Waals surface area contributed by atoms with Crippen LogP contribution in [0, 0.1) is 17.8 Å². The van der Waals surface area contributed by atoms with Crippen LogP contribution in [-0.2, 0) is 4.74 Å². The monoisotopic (exact) mass is 227 g/mol. The number of ether oxygens (including phenoxy) is 1. The van der Waals surface area contributed by atoms with Gasteiger partial charge < -0.3 is 10.1 Å². The Labute approximate surface area is 101 Å².